The Bertz CT molecular complexity index is 1470. The number of nitrogens with zero attached hydrogens (tertiary/aromatic N) is 2. The molecule has 0 aliphatic carbocycles. The fraction of sp³-hybridized carbons (Fsp3) is 0.286. The van der Waals surface area contributed by atoms with E-state index in [2.05, 4.69) is 5.32 Å². The second kappa shape index (κ2) is 13.7. The Labute approximate surface area is 248 Å². The fourth-order valence-electron chi connectivity index (χ4n) is 3.77. The third-order valence-corrected chi connectivity index (χ3v) is 9.12. The third-order valence-electron chi connectivity index (χ3n) is 6.31. The number of benzene rings is 3. The predicted octanol–water partition coefficient (Wildman–Crippen LogP) is 6.31. The lowest BCUT2D eigenvalue weighted by Crippen LogP contribution is -2.52. The highest BCUT2D eigenvalue weighted by Gasteiger charge is 2.33. The van der Waals surface area contributed by atoms with Gasteiger partial charge < -0.3 is 10.2 Å². The largest absolute Gasteiger partial charge is 0.352 e. The number of carbonyl (C=O) groups is 2. The maximum absolute atomic E-state index is 14.0. The standard InChI is InChI=1S/C28H29Cl3FN3O4S/c1-4-18(2)33-28(37)19(3)34(16-20-10-12-23(29)24(30)14-20)27(36)17-35(21-11-13-26(32)25(31)15-21)40(38,39)22-8-6-5-7-9-22/h5-15,18-19H,4,16-17H2,1-3H3,(H,33,37)/t18-,19+/m1/s1. The van der Waals surface area contributed by atoms with E-state index < -0.39 is 40.2 Å². The summed E-state index contributed by atoms with van der Waals surface area (Å²) >= 11 is 18.2. The lowest BCUT2D eigenvalue weighted by atomic mass is 10.1. The molecule has 2 amide bonds. The van der Waals surface area contributed by atoms with Gasteiger partial charge in [-0.3, -0.25) is 13.9 Å². The van der Waals surface area contributed by atoms with Gasteiger partial charge in [0.25, 0.3) is 10.0 Å². The first kappa shape index (κ1) is 31.7. The number of carbonyl (C=O) groups excluding carboxylic acids is 2. The van der Waals surface area contributed by atoms with Crippen LogP contribution >= 0.6 is 34.8 Å². The van der Waals surface area contributed by atoms with Crippen LogP contribution in [-0.2, 0) is 26.2 Å². The minimum atomic E-state index is -4.30. The highest BCUT2D eigenvalue weighted by Crippen LogP contribution is 2.29. The zero-order valence-electron chi connectivity index (χ0n) is 22.1. The van der Waals surface area contributed by atoms with Crippen molar-refractivity contribution in [2.75, 3.05) is 10.8 Å². The Morgan fingerprint density at radius 1 is 0.925 bits per heavy atom. The molecule has 40 heavy (non-hydrogen) atoms. The number of halogens is 4. The van der Waals surface area contributed by atoms with E-state index in [1.165, 1.54) is 23.1 Å². The van der Waals surface area contributed by atoms with Gasteiger partial charge in [0.05, 0.1) is 25.7 Å². The number of nitrogens with one attached hydrogen (secondary N) is 1. The van der Waals surface area contributed by atoms with Crippen LogP contribution < -0.4 is 9.62 Å². The van der Waals surface area contributed by atoms with Crippen LogP contribution in [0.15, 0.2) is 71.6 Å². The monoisotopic (exact) mass is 627 g/mol. The van der Waals surface area contributed by atoms with Crippen LogP contribution in [0.25, 0.3) is 0 Å². The number of anilines is 1. The van der Waals surface area contributed by atoms with Crippen LogP contribution in [0.5, 0.6) is 0 Å². The molecule has 0 spiro atoms. The number of sulfonamides is 1. The summed E-state index contributed by atoms with van der Waals surface area (Å²) in [5.74, 6) is -1.84. The van der Waals surface area contributed by atoms with E-state index in [4.69, 9.17) is 34.8 Å². The van der Waals surface area contributed by atoms with E-state index in [1.807, 2.05) is 13.8 Å². The molecule has 3 aromatic carbocycles. The molecule has 0 saturated heterocycles. The van der Waals surface area contributed by atoms with Crippen LogP contribution in [0.4, 0.5) is 10.1 Å². The predicted molar refractivity (Wildman–Crippen MR) is 157 cm³/mol. The first-order valence-corrected chi connectivity index (χ1v) is 15.0. The minimum absolute atomic E-state index is 0.0187. The second-order valence-electron chi connectivity index (χ2n) is 9.19. The minimum Gasteiger partial charge on any atom is -0.352 e. The first-order valence-electron chi connectivity index (χ1n) is 12.4. The van der Waals surface area contributed by atoms with Crippen molar-refractivity contribution >= 4 is 62.3 Å². The van der Waals surface area contributed by atoms with Gasteiger partial charge in [0.1, 0.15) is 18.4 Å². The van der Waals surface area contributed by atoms with Crippen LogP contribution in [0, 0.1) is 5.82 Å². The summed E-state index contributed by atoms with van der Waals surface area (Å²) in [6.07, 6.45) is 0.674. The summed E-state index contributed by atoms with van der Waals surface area (Å²) < 4.78 is 42.3. The number of hydrogen-bond acceptors (Lipinski definition) is 4. The Kier molecular flexibility index (Phi) is 10.8. The van der Waals surface area contributed by atoms with Crippen molar-refractivity contribution in [2.45, 2.75) is 50.7 Å². The van der Waals surface area contributed by atoms with Gasteiger partial charge in [0, 0.05) is 12.6 Å². The van der Waals surface area contributed by atoms with Crippen molar-refractivity contribution in [1.29, 1.82) is 0 Å². The molecular formula is C28H29Cl3FN3O4S. The molecule has 0 radical (unpaired) electrons. The molecule has 2 atom stereocenters. The van der Waals surface area contributed by atoms with Crippen LogP contribution in [0.2, 0.25) is 15.1 Å². The molecule has 0 heterocycles. The quantitative estimate of drug-likeness (QED) is 0.270. The average Bonchev–Trinajstić information content (AvgIpc) is 2.93. The van der Waals surface area contributed by atoms with Gasteiger partial charge >= 0.3 is 0 Å². The summed E-state index contributed by atoms with van der Waals surface area (Å²) in [6, 6.07) is 14.6. The summed E-state index contributed by atoms with van der Waals surface area (Å²) in [5.41, 5.74) is 0.558. The van der Waals surface area contributed by atoms with Crippen LogP contribution in [0.3, 0.4) is 0 Å². The Morgan fingerprint density at radius 3 is 2.20 bits per heavy atom. The molecule has 0 aromatic heterocycles. The molecule has 7 nitrogen and oxygen atoms in total. The van der Waals surface area contributed by atoms with Gasteiger partial charge in [-0.25, -0.2) is 12.8 Å². The van der Waals surface area contributed by atoms with Crippen molar-refractivity contribution < 1.29 is 22.4 Å². The van der Waals surface area contributed by atoms with Gasteiger partial charge in [-0.15, -0.1) is 0 Å². The Balaban J connectivity index is 2.05. The van der Waals surface area contributed by atoms with E-state index in [9.17, 15) is 22.4 Å². The smallest absolute Gasteiger partial charge is 0.264 e. The molecule has 0 saturated carbocycles. The zero-order valence-corrected chi connectivity index (χ0v) is 25.2. The molecule has 0 aliphatic heterocycles. The van der Waals surface area contributed by atoms with Crippen molar-refractivity contribution in [3.8, 4) is 0 Å². The normalized spacial score (nSPS) is 12.9. The average molecular weight is 629 g/mol. The second-order valence-corrected chi connectivity index (χ2v) is 12.3. The van der Waals surface area contributed by atoms with E-state index in [0.717, 1.165) is 16.4 Å². The number of amides is 2. The molecule has 0 fully saturated rings. The summed E-state index contributed by atoms with van der Waals surface area (Å²) in [6.45, 7) is 4.55. The van der Waals surface area contributed by atoms with Gasteiger partial charge in [0.2, 0.25) is 11.8 Å². The van der Waals surface area contributed by atoms with Gasteiger partial charge in [-0.05, 0) is 68.3 Å². The van der Waals surface area contributed by atoms with Gasteiger partial charge in [-0.1, -0.05) is 66.0 Å². The molecule has 0 bridgehead atoms. The number of rotatable bonds is 11. The lowest BCUT2D eigenvalue weighted by molar-refractivity contribution is -0.139. The molecule has 214 valence electrons. The molecular weight excluding hydrogens is 600 g/mol. The van der Waals surface area contributed by atoms with Crippen molar-refractivity contribution in [2.24, 2.45) is 0 Å². The van der Waals surface area contributed by atoms with Crippen molar-refractivity contribution in [1.82, 2.24) is 10.2 Å². The van der Waals surface area contributed by atoms with Crippen molar-refractivity contribution in [3.63, 3.8) is 0 Å². The molecule has 3 aromatic rings. The molecule has 1 N–H and O–H groups in total. The highest BCUT2D eigenvalue weighted by atomic mass is 35.5. The SMILES string of the molecule is CC[C@@H](C)NC(=O)[C@H](C)N(Cc1ccc(Cl)c(Cl)c1)C(=O)CN(c1ccc(F)c(Cl)c1)S(=O)(=O)c1ccccc1. The molecule has 0 unspecified atom stereocenters. The Hall–Kier alpha value is -2.85. The molecule has 0 aliphatic rings. The van der Waals surface area contributed by atoms with E-state index in [0.29, 0.717) is 17.0 Å². The van der Waals surface area contributed by atoms with Crippen LogP contribution in [-0.4, -0.2) is 43.8 Å². The van der Waals surface area contributed by atoms with E-state index in [1.54, 1.807) is 43.3 Å². The highest BCUT2D eigenvalue weighted by molar-refractivity contribution is 7.92. The van der Waals surface area contributed by atoms with Gasteiger partial charge in [0.15, 0.2) is 0 Å². The molecule has 3 rings (SSSR count). The maximum atomic E-state index is 14.0. The fourth-order valence-corrected chi connectivity index (χ4v) is 5.69. The van der Waals surface area contributed by atoms with E-state index in [-0.39, 0.29) is 33.2 Å². The zero-order chi connectivity index (χ0) is 29.6. The van der Waals surface area contributed by atoms with Crippen molar-refractivity contribution in [3.05, 3.63) is 93.2 Å². The van der Waals surface area contributed by atoms with E-state index >= 15 is 0 Å². The third kappa shape index (κ3) is 7.66. The van der Waals surface area contributed by atoms with Gasteiger partial charge in [-0.2, -0.15) is 0 Å². The summed E-state index contributed by atoms with van der Waals surface area (Å²) in [5, 5.41) is 3.12. The summed E-state index contributed by atoms with van der Waals surface area (Å²) in [7, 11) is -4.30. The number of hydrogen-bond donors (Lipinski definition) is 1. The molecule has 12 heteroatoms. The Morgan fingerprint density at radius 2 is 1.60 bits per heavy atom. The summed E-state index contributed by atoms with van der Waals surface area (Å²) in [4.78, 5) is 28.1. The van der Waals surface area contributed by atoms with Crippen LogP contribution in [0.1, 0.15) is 32.8 Å². The topological polar surface area (TPSA) is 86.8 Å². The lowest BCUT2D eigenvalue weighted by Gasteiger charge is -2.32. The maximum Gasteiger partial charge on any atom is 0.264 e. The first-order chi connectivity index (χ1) is 18.8.